The fourth-order valence-electron chi connectivity index (χ4n) is 2.49. The minimum Gasteiger partial charge on any atom is -0.461 e. The molecule has 0 fully saturated rings. The van der Waals surface area contributed by atoms with E-state index in [1.807, 2.05) is 41.8 Å². The molecule has 4 nitrogen and oxygen atoms in total. The summed E-state index contributed by atoms with van der Waals surface area (Å²) < 4.78 is 8.19. The Kier molecular flexibility index (Phi) is 3.78. The van der Waals surface area contributed by atoms with Crippen LogP contribution in [0.3, 0.4) is 0 Å². The monoisotopic (exact) mass is 434 g/mol. The van der Waals surface area contributed by atoms with E-state index in [2.05, 4.69) is 27.6 Å². The molecule has 1 aromatic carbocycles. The third-order valence-electron chi connectivity index (χ3n) is 3.55. The molecule has 114 valence electrons. The number of hydrogen-bond donors (Lipinski definition) is 0. The lowest BCUT2D eigenvalue weighted by atomic mass is 10.2. The lowest BCUT2D eigenvalue weighted by molar-refractivity contribution is 0.569. The van der Waals surface area contributed by atoms with Gasteiger partial charge in [-0.1, -0.05) is 6.07 Å². The summed E-state index contributed by atoms with van der Waals surface area (Å²) >= 11 is 3.83. The van der Waals surface area contributed by atoms with Crippen LogP contribution in [0.2, 0.25) is 0 Å². The van der Waals surface area contributed by atoms with Gasteiger partial charge in [-0.3, -0.25) is 9.36 Å². The van der Waals surface area contributed by atoms with E-state index >= 15 is 0 Å². The second-order valence-corrected chi connectivity index (χ2v) is 7.32. The summed E-state index contributed by atoms with van der Waals surface area (Å²) in [7, 11) is 0. The SMILES string of the molecule is O=c1c2cc(I)ccc2nc(-c2ccco2)n1Cc1cccs1. The number of benzene rings is 1. The first kappa shape index (κ1) is 14.6. The third kappa shape index (κ3) is 2.72. The molecule has 6 heteroatoms. The van der Waals surface area contributed by atoms with Crippen LogP contribution in [-0.4, -0.2) is 9.55 Å². The van der Waals surface area contributed by atoms with Crippen LogP contribution >= 0.6 is 33.9 Å². The minimum absolute atomic E-state index is 0.0479. The summed E-state index contributed by atoms with van der Waals surface area (Å²) in [5.41, 5.74) is 0.637. The molecule has 0 radical (unpaired) electrons. The minimum atomic E-state index is -0.0479. The second-order valence-electron chi connectivity index (χ2n) is 5.04. The summed E-state index contributed by atoms with van der Waals surface area (Å²) in [4.78, 5) is 18.8. The van der Waals surface area contributed by atoms with E-state index < -0.39 is 0 Å². The van der Waals surface area contributed by atoms with E-state index in [0.29, 0.717) is 29.0 Å². The van der Waals surface area contributed by atoms with Crippen molar-refractivity contribution in [3.63, 3.8) is 0 Å². The van der Waals surface area contributed by atoms with Crippen LogP contribution in [0.4, 0.5) is 0 Å². The highest BCUT2D eigenvalue weighted by molar-refractivity contribution is 14.1. The van der Waals surface area contributed by atoms with Gasteiger partial charge in [-0.2, -0.15) is 0 Å². The molecule has 3 aromatic heterocycles. The Hall–Kier alpha value is -1.93. The van der Waals surface area contributed by atoms with Crippen LogP contribution in [0.5, 0.6) is 0 Å². The Labute approximate surface area is 149 Å². The molecular formula is C17H11IN2O2S. The highest BCUT2D eigenvalue weighted by atomic mass is 127. The second kappa shape index (κ2) is 5.93. The number of nitrogens with zero attached hydrogens (tertiary/aromatic N) is 2. The molecule has 23 heavy (non-hydrogen) atoms. The number of furan rings is 1. The van der Waals surface area contributed by atoms with Gasteiger partial charge in [0, 0.05) is 8.45 Å². The van der Waals surface area contributed by atoms with Crippen molar-refractivity contribution in [3.8, 4) is 11.6 Å². The molecule has 0 saturated carbocycles. The Morgan fingerprint density at radius 2 is 2.13 bits per heavy atom. The maximum Gasteiger partial charge on any atom is 0.262 e. The topological polar surface area (TPSA) is 48.0 Å². The van der Waals surface area contributed by atoms with Crippen molar-refractivity contribution in [2.45, 2.75) is 6.54 Å². The fourth-order valence-corrected chi connectivity index (χ4v) is 3.68. The number of rotatable bonds is 3. The number of thiophene rings is 1. The molecule has 0 atom stereocenters. The molecule has 0 unspecified atom stereocenters. The highest BCUT2D eigenvalue weighted by Crippen LogP contribution is 2.22. The largest absolute Gasteiger partial charge is 0.461 e. The van der Waals surface area contributed by atoms with Crippen LogP contribution in [0, 0.1) is 3.57 Å². The van der Waals surface area contributed by atoms with Gasteiger partial charge in [0.1, 0.15) is 0 Å². The predicted molar refractivity (Wildman–Crippen MR) is 99.8 cm³/mol. The highest BCUT2D eigenvalue weighted by Gasteiger charge is 2.15. The van der Waals surface area contributed by atoms with Gasteiger partial charge in [0.15, 0.2) is 11.6 Å². The molecule has 0 aliphatic carbocycles. The van der Waals surface area contributed by atoms with Crippen molar-refractivity contribution in [1.82, 2.24) is 9.55 Å². The molecule has 0 bridgehead atoms. The summed E-state index contributed by atoms with van der Waals surface area (Å²) in [6, 6.07) is 13.3. The van der Waals surface area contributed by atoms with E-state index in [1.54, 1.807) is 28.2 Å². The van der Waals surface area contributed by atoms with E-state index in [1.165, 1.54) is 0 Å². The number of fused-ring (bicyclic) bond motifs is 1. The van der Waals surface area contributed by atoms with E-state index in [-0.39, 0.29) is 5.56 Å². The number of hydrogen-bond acceptors (Lipinski definition) is 4. The zero-order valence-corrected chi connectivity index (χ0v) is 14.9. The van der Waals surface area contributed by atoms with Crippen molar-refractivity contribution < 1.29 is 4.42 Å². The maximum absolute atomic E-state index is 13.0. The molecule has 0 spiro atoms. The average Bonchev–Trinajstić information content (AvgIpc) is 3.24. The van der Waals surface area contributed by atoms with E-state index in [0.717, 1.165) is 8.45 Å². The molecule has 4 aromatic rings. The Bertz CT molecular complexity index is 1020. The maximum atomic E-state index is 13.0. The first-order chi connectivity index (χ1) is 11.2. The quantitative estimate of drug-likeness (QED) is 0.450. The number of halogens is 1. The Morgan fingerprint density at radius 1 is 1.22 bits per heavy atom. The summed E-state index contributed by atoms with van der Waals surface area (Å²) in [6.45, 7) is 0.487. The smallest absolute Gasteiger partial charge is 0.262 e. The summed E-state index contributed by atoms with van der Waals surface area (Å²) in [5.74, 6) is 1.15. The zero-order valence-electron chi connectivity index (χ0n) is 11.9. The predicted octanol–water partition coefficient (Wildman–Crippen LogP) is 4.37. The van der Waals surface area contributed by atoms with Crippen LogP contribution in [0.15, 0.2) is 63.3 Å². The van der Waals surface area contributed by atoms with Crippen molar-refractivity contribution in [3.05, 3.63) is 72.9 Å². The van der Waals surface area contributed by atoms with Crippen LogP contribution in [0.25, 0.3) is 22.5 Å². The van der Waals surface area contributed by atoms with Crippen molar-refractivity contribution >= 4 is 44.8 Å². The van der Waals surface area contributed by atoms with Crippen molar-refractivity contribution in [2.24, 2.45) is 0 Å². The Morgan fingerprint density at radius 3 is 2.87 bits per heavy atom. The first-order valence-electron chi connectivity index (χ1n) is 6.99. The van der Waals surface area contributed by atoms with E-state index in [9.17, 15) is 4.79 Å². The van der Waals surface area contributed by atoms with Gasteiger partial charge in [0.05, 0.1) is 23.7 Å². The summed E-state index contributed by atoms with van der Waals surface area (Å²) in [5, 5.41) is 2.63. The van der Waals surface area contributed by atoms with Gasteiger partial charge >= 0.3 is 0 Å². The van der Waals surface area contributed by atoms with Crippen molar-refractivity contribution in [2.75, 3.05) is 0 Å². The van der Waals surface area contributed by atoms with Gasteiger partial charge in [0.25, 0.3) is 5.56 Å². The van der Waals surface area contributed by atoms with Crippen molar-refractivity contribution in [1.29, 1.82) is 0 Å². The molecule has 4 rings (SSSR count). The lowest BCUT2D eigenvalue weighted by Gasteiger charge is -2.11. The van der Waals surface area contributed by atoms with Gasteiger partial charge in [-0.25, -0.2) is 4.98 Å². The molecule has 0 aliphatic heterocycles. The molecule has 0 aliphatic rings. The molecule has 0 saturated heterocycles. The van der Waals surface area contributed by atoms with Crippen LogP contribution < -0.4 is 5.56 Å². The molecule has 3 heterocycles. The molecular weight excluding hydrogens is 423 g/mol. The normalized spacial score (nSPS) is 11.2. The van der Waals surface area contributed by atoms with Gasteiger partial charge in [0.2, 0.25) is 0 Å². The third-order valence-corrected chi connectivity index (χ3v) is 5.08. The van der Waals surface area contributed by atoms with E-state index in [4.69, 9.17) is 4.42 Å². The standard InChI is InChI=1S/C17H11IN2O2S/c18-11-5-6-14-13(9-11)17(21)20(10-12-3-2-8-23-12)16(19-14)15-4-1-7-22-15/h1-9H,10H2. The fraction of sp³-hybridized carbons (Fsp3) is 0.0588. The van der Waals surface area contributed by atoms with Crippen LogP contribution in [0.1, 0.15) is 4.88 Å². The average molecular weight is 434 g/mol. The zero-order chi connectivity index (χ0) is 15.8. The van der Waals surface area contributed by atoms with Gasteiger partial charge < -0.3 is 4.42 Å². The van der Waals surface area contributed by atoms with Crippen LogP contribution in [-0.2, 0) is 6.54 Å². The first-order valence-corrected chi connectivity index (χ1v) is 8.94. The van der Waals surface area contributed by atoms with Gasteiger partial charge in [-0.05, 0) is 64.4 Å². The number of aromatic nitrogens is 2. The molecule has 0 N–H and O–H groups in total. The summed E-state index contributed by atoms with van der Waals surface area (Å²) in [6.07, 6.45) is 1.59. The van der Waals surface area contributed by atoms with Gasteiger partial charge in [-0.15, -0.1) is 11.3 Å². The Balaban J connectivity index is 2.01. The lowest BCUT2D eigenvalue weighted by Crippen LogP contribution is -2.23. The molecule has 0 amide bonds.